The molecule has 5 heteroatoms. The molecule has 0 saturated heterocycles. The average Bonchev–Trinajstić information content (AvgIpc) is 3.01. The summed E-state index contributed by atoms with van der Waals surface area (Å²) in [5.41, 5.74) is 1.71. The highest BCUT2D eigenvalue weighted by Crippen LogP contribution is 2.31. The van der Waals surface area contributed by atoms with Gasteiger partial charge < -0.3 is 14.6 Å². The Balaban J connectivity index is 1.56. The van der Waals surface area contributed by atoms with Gasteiger partial charge in [0.25, 0.3) is 0 Å². The van der Waals surface area contributed by atoms with Crippen molar-refractivity contribution in [3.05, 3.63) is 76.6 Å². The molecule has 4 rings (SSSR count). The van der Waals surface area contributed by atoms with Gasteiger partial charge in [-0.3, -0.25) is 9.59 Å². The van der Waals surface area contributed by atoms with Crippen LogP contribution in [0.2, 0.25) is 0 Å². The predicted molar refractivity (Wildman–Crippen MR) is 91.0 cm³/mol. The minimum Gasteiger partial charge on any atom is -0.491 e. The average molecular weight is 320 g/mol. The lowest BCUT2D eigenvalue weighted by atomic mass is 10.1. The van der Waals surface area contributed by atoms with Crippen LogP contribution in [0.1, 0.15) is 11.6 Å². The maximum Gasteiger partial charge on any atom is 0.240 e. The van der Waals surface area contributed by atoms with Crippen molar-refractivity contribution in [2.24, 2.45) is 0 Å². The number of amides is 1. The van der Waals surface area contributed by atoms with E-state index in [2.05, 4.69) is 5.32 Å². The van der Waals surface area contributed by atoms with Crippen molar-refractivity contribution in [1.82, 2.24) is 9.88 Å². The van der Waals surface area contributed by atoms with Crippen molar-refractivity contribution >= 4 is 16.8 Å². The molecule has 0 spiro atoms. The quantitative estimate of drug-likeness (QED) is 0.805. The van der Waals surface area contributed by atoms with Gasteiger partial charge in [0.15, 0.2) is 5.43 Å². The third kappa shape index (κ3) is 2.54. The fourth-order valence-electron chi connectivity index (χ4n) is 3.07. The van der Waals surface area contributed by atoms with Crippen molar-refractivity contribution in [3.8, 4) is 5.75 Å². The number of nitrogens with zero attached hydrogens (tertiary/aromatic N) is 1. The second-order valence-electron chi connectivity index (χ2n) is 5.79. The fraction of sp³-hybridized carbons (Fsp3) is 0.158. The van der Waals surface area contributed by atoms with Gasteiger partial charge in [0, 0.05) is 23.2 Å². The number of fused-ring (bicyclic) bond motifs is 2. The van der Waals surface area contributed by atoms with E-state index in [1.165, 1.54) is 6.07 Å². The van der Waals surface area contributed by atoms with E-state index in [4.69, 9.17) is 4.74 Å². The van der Waals surface area contributed by atoms with Crippen LogP contribution in [0.5, 0.6) is 5.75 Å². The molecule has 1 aliphatic heterocycles. The molecule has 3 aromatic rings. The second kappa shape index (κ2) is 5.85. The van der Waals surface area contributed by atoms with Crippen molar-refractivity contribution in [2.45, 2.75) is 12.6 Å². The van der Waals surface area contributed by atoms with Gasteiger partial charge in [-0.2, -0.15) is 0 Å². The highest BCUT2D eigenvalue weighted by Gasteiger charge is 2.25. The van der Waals surface area contributed by atoms with Crippen LogP contribution < -0.4 is 15.5 Å². The maximum atomic E-state index is 12.4. The first-order chi connectivity index (χ1) is 11.7. The van der Waals surface area contributed by atoms with E-state index in [-0.39, 0.29) is 23.9 Å². The van der Waals surface area contributed by atoms with Crippen LogP contribution in [-0.2, 0) is 11.3 Å². The number of aromatic nitrogens is 1. The molecule has 1 amide bonds. The van der Waals surface area contributed by atoms with E-state index < -0.39 is 0 Å². The Kier molecular flexibility index (Phi) is 3.54. The first-order valence-electron chi connectivity index (χ1n) is 7.81. The first-order valence-corrected chi connectivity index (χ1v) is 7.81. The zero-order valence-electron chi connectivity index (χ0n) is 12.9. The topological polar surface area (TPSA) is 60.3 Å². The number of hydrogen-bond donors (Lipinski definition) is 1. The lowest BCUT2D eigenvalue weighted by Crippen LogP contribution is -2.32. The number of carbonyl (C=O) groups is 1. The van der Waals surface area contributed by atoms with Gasteiger partial charge in [-0.05, 0) is 18.2 Å². The van der Waals surface area contributed by atoms with E-state index in [1.54, 1.807) is 16.8 Å². The highest BCUT2D eigenvalue weighted by molar-refractivity contribution is 5.82. The van der Waals surface area contributed by atoms with Gasteiger partial charge >= 0.3 is 0 Å². The summed E-state index contributed by atoms with van der Waals surface area (Å²) >= 11 is 0. The molecule has 0 bridgehead atoms. The number of pyridine rings is 1. The molecule has 2 heterocycles. The molecule has 0 unspecified atom stereocenters. The standard InChI is InChI=1S/C19H16N2O3/c22-17-9-10-21(16-7-3-1-6-14(16)17)11-19(23)20-15-12-24-18-8-4-2-5-13(15)18/h1-10,15H,11-12H2,(H,20,23)/t15-/m0/s1. The third-order valence-electron chi connectivity index (χ3n) is 4.23. The van der Waals surface area contributed by atoms with Gasteiger partial charge in [-0.15, -0.1) is 0 Å². The summed E-state index contributed by atoms with van der Waals surface area (Å²) in [6, 6.07) is 16.3. The molecular formula is C19H16N2O3. The van der Waals surface area contributed by atoms with Crippen molar-refractivity contribution in [1.29, 1.82) is 0 Å². The minimum atomic E-state index is -0.139. The van der Waals surface area contributed by atoms with Crippen LogP contribution in [0.4, 0.5) is 0 Å². The van der Waals surface area contributed by atoms with Crippen molar-refractivity contribution < 1.29 is 9.53 Å². The molecule has 2 aromatic carbocycles. The van der Waals surface area contributed by atoms with E-state index in [0.717, 1.165) is 16.8 Å². The molecule has 0 fully saturated rings. The maximum absolute atomic E-state index is 12.4. The molecule has 0 aliphatic carbocycles. The van der Waals surface area contributed by atoms with E-state index in [1.807, 2.05) is 42.5 Å². The van der Waals surface area contributed by atoms with Gasteiger partial charge in [-0.25, -0.2) is 0 Å². The number of nitrogens with one attached hydrogen (secondary N) is 1. The lowest BCUT2D eigenvalue weighted by Gasteiger charge is -2.14. The van der Waals surface area contributed by atoms with Crippen LogP contribution in [0.3, 0.4) is 0 Å². The summed E-state index contributed by atoms with van der Waals surface area (Å²) < 4.78 is 7.37. The molecule has 0 saturated carbocycles. The molecule has 24 heavy (non-hydrogen) atoms. The highest BCUT2D eigenvalue weighted by atomic mass is 16.5. The number of para-hydroxylation sites is 2. The molecule has 1 atom stereocenters. The Morgan fingerprint density at radius 3 is 2.83 bits per heavy atom. The number of rotatable bonds is 3. The summed E-state index contributed by atoms with van der Waals surface area (Å²) in [6.45, 7) is 0.593. The van der Waals surface area contributed by atoms with Gasteiger partial charge in [0.05, 0.1) is 11.6 Å². The third-order valence-corrected chi connectivity index (χ3v) is 4.23. The van der Waals surface area contributed by atoms with Gasteiger partial charge in [0.1, 0.15) is 18.9 Å². The lowest BCUT2D eigenvalue weighted by molar-refractivity contribution is -0.122. The SMILES string of the molecule is O=C(Cn1ccc(=O)c2ccccc21)N[C@H]1COc2ccccc21. The van der Waals surface area contributed by atoms with E-state index >= 15 is 0 Å². The molecular weight excluding hydrogens is 304 g/mol. The van der Waals surface area contributed by atoms with Gasteiger partial charge in [-0.1, -0.05) is 30.3 Å². The number of benzene rings is 2. The molecule has 1 aliphatic rings. The largest absolute Gasteiger partial charge is 0.491 e. The van der Waals surface area contributed by atoms with Gasteiger partial charge in [0.2, 0.25) is 5.91 Å². The summed E-state index contributed by atoms with van der Waals surface area (Å²) in [4.78, 5) is 24.3. The second-order valence-corrected chi connectivity index (χ2v) is 5.79. The zero-order valence-corrected chi connectivity index (χ0v) is 12.9. The van der Waals surface area contributed by atoms with Crippen molar-refractivity contribution in [2.75, 3.05) is 6.61 Å². The summed E-state index contributed by atoms with van der Waals surface area (Å²) in [5.74, 6) is 0.700. The minimum absolute atomic E-state index is 0.0413. The van der Waals surface area contributed by atoms with Crippen LogP contribution in [0.15, 0.2) is 65.6 Å². The Morgan fingerprint density at radius 2 is 1.92 bits per heavy atom. The normalized spacial score (nSPS) is 15.8. The number of ether oxygens (including phenoxy) is 1. The Hall–Kier alpha value is -3.08. The fourth-order valence-corrected chi connectivity index (χ4v) is 3.07. The summed E-state index contributed by atoms with van der Waals surface area (Å²) in [7, 11) is 0. The molecule has 5 nitrogen and oxygen atoms in total. The first kappa shape index (κ1) is 14.5. The van der Waals surface area contributed by atoms with Crippen LogP contribution in [0.25, 0.3) is 10.9 Å². The zero-order chi connectivity index (χ0) is 16.5. The number of carbonyl (C=O) groups excluding carboxylic acids is 1. The predicted octanol–water partition coefficient (Wildman–Crippen LogP) is 2.25. The molecule has 1 aromatic heterocycles. The molecule has 0 radical (unpaired) electrons. The molecule has 1 N–H and O–H groups in total. The summed E-state index contributed by atoms with van der Waals surface area (Å²) in [6.07, 6.45) is 1.66. The molecule has 120 valence electrons. The van der Waals surface area contributed by atoms with Crippen molar-refractivity contribution in [3.63, 3.8) is 0 Å². The monoisotopic (exact) mass is 320 g/mol. The Labute approximate surface area is 138 Å². The van der Waals surface area contributed by atoms with E-state index in [0.29, 0.717) is 12.0 Å². The summed E-state index contributed by atoms with van der Waals surface area (Å²) in [5, 5.41) is 3.61. The Morgan fingerprint density at radius 1 is 1.12 bits per heavy atom. The van der Waals surface area contributed by atoms with Crippen LogP contribution in [0, 0.1) is 0 Å². The van der Waals surface area contributed by atoms with Crippen LogP contribution >= 0.6 is 0 Å². The smallest absolute Gasteiger partial charge is 0.240 e. The Bertz CT molecular complexity index is 978. The van der Waals surface area contributed by atoms with Crippen LogP contribution in [-0.4, -0.2) is 17.1 Å². The number of hydrogen-bond acceptors (Lipinski definition) is 3. The van der Waals surface area contributed by atoms with E-state index in [9.17, 15) is 9.59 Å².